The number of carbonyl (C=O) groups excluding carboxylic acids is 2. The molecule has 2 amide bonds. The molecule has 1 aromatic rings. The Balaban J connectivity index is 1.93. The lowest BCUT2D eigenvalue weighted by molar-refractivity contribution is -0.138. The van der Waals surface area contributed by atoms with Crippen molar-refractivity contribution in [3.05, 3.63) is 35.0 Å². The third-order valence-electron chi connectivity index (χ3n) is 4.37. The summed E-state index contributed by atoms with van der Waals surface area (Å²) in [6, 6.07) is -2.03. The van der Waals surface area contributed by atoms with Gasteiger partial charge in [0.1, 0.15) is 16.8 Å². The largest absolute Gasteiger partial charge is 0.477 e. The number of hydrogen-bond acceptors (Lipinski definition) is 10. The summed E-state index contributed by atoms with van der Waals surface area (Å²) in [6.45, 7) is 6.99. The molecule has 13 heteroatoms. The number of aromatic nitrogens is 1. The van der Waals surface area contributed by atoms with Crippen LogP contribution in [-0.4, -0.2) is 73.6 Å². The SMILES string of the molecule is C=CC1=C(C(=O)O)N2C(=O)C(N=C)C(NC(=O)/C(=N\O)c3csc(N)n3)[C@H]2SC1. The molecule has 0 radical (unpaired) electrons. The maximum atomic E-state index is 12.8. The lowest BCUT2D eigenvalue weighted by atomic mass is 10.1. The van der Waals surface area contributed by atoms with Gasteiger partial charge < -0.3 is 21.4 Å². The fourth-order valence-electron chi connectivity index (χ4n) is 3.12. The summed E-state index contributed by atoms with van der Waals surface area (Å²) >= 11 is 2.31. The fraction of sp³-hybridized carbons (Fsp3) is 0.250. The number of nitrogens with two attached hydrogens (primary N) is 1. The van der Waals surface area contributed by atoms with Crippen LogP contribution in [0.15, 0.2) is 39.5 Å². The van der Waals surface area contributed by atoms with Gasteiger partial charge in [-0.3, -0.25) is 19.5 Å². The van der Waals surface area contributed by atoms with Gasteiger partial charge in [0, 0.05) is 11.1 Å². The summed E-state index contributed by atoms with van der Waals surface area (Å²) < 4.78 is 0. The maximum absolute atomic E-state index is 12.8. The molecule has 0 aliphatic carbocycles. The van der Waals surface area contributed by atoms with E-state index in [9.17, 15) is 24.7 Å². The van der Waals surface area contributed by atoms with Crippen molar-refractivity contribution in [3.8, 4) is 0 Å². The van der Waals surface area contributed by atoms with Gasteiger partial charge in [-0.15, -0.1) is 23.1 Å². The Morgan fingerprint density at radius 2 is 2.21 bits per heavy atom. The van der Waals surface area contributed by atoms with Crippen LogP contribution in [0.3, 0.4) is 0 Å². The Labute approximate surface area is 172 Å². The number of allylic oxidation sites excluding steroid dienone is 1. The van der Waals surface area contributed by atoms with Gasteiger partial charge in [-0.2, -0.15) is 0 Å². The zero-order valence-corrected chi connectivity index (χ0v) is 16.4. The minimum atomic E-state index is -1.29. The van der Waals surface area contributed by atoms with E-state index in [1.807, 2.05) is 0 Å². The molecule has 1 saturated heterocycles. The van der Waals surface area contributed by atoms with E-state index >= 15 is 0 Å². The number of aliphatic carboxylic acids is 1. The zero-order valence-electron chi connectivity index (χ0n) is 14.8. The minimum Gasteiger partial charge on any atom is -0.477 e. The molecule has 1 fully saturated rings. The summed E-state index contributed by atoms with van der Waals surface area (Å²) in [5.74, 6) is -2.44. The van der Waals surface area contributed by atoms with Gasteiger partial charge in [-0.1, -0.05) is 17.8 Å². The zero-order chi connectivity index (χ0) is 21.3. The number of nitrogen functional groups attached to an aromatic ring is 1. The molecule has 1 aromatic heterocycles. The molecule has 3 heterocycles. The van der Waals surface area contributed by atoms with Gasteiger partial charge in [0.15, 0.2) is 16.9 Å². The van der Waals surface area contributed by atoms with Crippen molar-refractivity contribution in [1.29, 1.82) is 0 Å². The molecule has 5 N–H and O–H groups in total. The smallest absolute Gasteiger partial charge is 0.352 e. The number of anilines is 1. The van der Waals surface area contributed by atoms with Crippen LogP contribution in [0, 0.1) is 0 Å². The second-order valence-corrected chi connectivity index (χ2v) is 7.93. The van der Waals surface area contributed by atoms with E-state index in [1.54, 1.807) is 0 Å². The van der Waals surface area contributed by atoms with E-state index in [4.69, 9.17) is 5.73 Å². The van der Waals surface area contributed by atoms with E-state index in [2.05, 4.69) is 33.7 Å². The molecule has 2 aliphatic heterocycles. The van der Waals surface area contributed by atoms with Crippen LogP contribution in [0.1, 0.15) is 5.69 Å². The van der Waals surface area contributed by atoms with E-state index in [0.29, 0.717) is 5.57 Å². The highest BCUT2D eigenvalue weighted by Crippen LogP contribution is 2.40. The number of thiazole rings is 1. The highest BCUT2D eigenvalue weighted by Gasteiger charge is 2.53. The van der Waals surface area contributed by atoms with Crippen molar-refractivity contribution >= 4 is 58.4 Å². The molecule has 11 nitrogen and oxygen atoms in total. The minimum absolute atomic E-state index is 0.0631. The number of aliphatic imine (C=N–C) groups is 1. The van der Waals surface area contributed by atoms with E-state index in [0.717, 1.165) is 16.2 Å². The highest BCUT2D eigenvalue weighted by atomic mass is 32.2. The van der Waals surface area contributed by atoms with Gasteiger partial charge in [0.2, 0.25) is 0 Å². The molecule has 0 aromatic carbocycles. The van der Waals surface area contributed by atoms with Crippen LogP contribution >= 0.6 is 23.1 Å². The maximum Gasteiger partial charge on any atom is 0.352 e. The molecule has 0 bridgehead atoms. The predicted molar refractivity (Wildman–Crippen MR) is 108 cm³/mol. The first-order valence-electron chi connectivity index (χ1n) is 8.07. The number of carboxylic acid groups (broad SMARTS) is 1. The van der Waals surface area contributed by atoms with Crippen molar-refractivity contribution in [2.45, 2.75) is 17.5 Å². The normalized spacial score (nSPS) is 24.3. The molecular formula is C16H16N6O5S2. The second-order valence-electron chi connectivity index (χ2n) is 5.94. The predicted octanol–water partition coefficient (Wildman–Crippen LogP) is -0.103. The molecule has 3 rings (SSSR count). The highest BCUT2D eigenvalue weighted by molar-refractivity contribution is 8.00. The number of nitrogens with one attached hydrogen (secondary N) is 1. The topological polar surface area (TPSA) is 171 Å². The molecule has 29 heavy (non-hydrogen) atoms. The lowest BCUT2D eigenvalue weighted by Gasteiger charge is -2.33. The van der Waals surface area contributed by atoms with E-state index in [1.165, 1.54) is 23.2 Å². The van der Waals surface area contributed by atoms with Crippen LogP contribution in [0.2, 0.25) is 0 Å². The van der Waals surface area contributed by atoms with Crippen LogP contribution < -0.4 is 11.1 Å². The Morgan fingerprint density at radius 1 is 1.48 bits per heavy atom. The molecule has 0 spiro atoms. The summed E-state index contributed by atoms with van der Waals surface area (Å²) in [5, 5.41) is 25.3. The number of carboxylic acids is 1. The third kappa shape index (κ3) is 3.49. The molecule has 152 valence electrons. The first kappa shape index (κ1) is 20.5. The quantitative estimate of drug-likeness (QED) is 0.272. The molecule has 2 unspecified atom stereocenters. The second kappa shape index (κ2) is 8.05. The fourth-order valence-corrected chi connectivity index (χ4v) is 5.05. The van der Waals surface area contributed by atoms with Gasteiger partial charge >= 0.3 is 5.97 Å². The molecule has 2 aliphatic rings. The van der Waals surface area contributed by atoms with Crippen molar-refractivity contribution in [2.75, 3.05) is 11.5 Å². The number of rotatable bonds is 6. The van der Waals surface area contributed by atoms with Crippen LogP contribution in [0.5, 0.6) is 0 Å². The van der Waals surface area contributed by atoms with Crippen LogP contribution in [-0.2, 0) is 14.4 Å². The average molecular weight is 436 g/mol. The summed E-state index contributed by atoms with van der Waals surface area (Å²) in [7, 11) is 0. The number of amides is 2. The first-order chi connectivity index (χ1) is 13.8. The Morgan fingerprint density at radius 3 is 2.72 bits per heavy atom. The van der Waals surface area contributed by atoms with Crippen molar-refractivity contribution in [3.63, 3.8) is 0 Å². The Kier molecular flexibility index (Phi) is 5.70. The van der Waals surface area contributed by atoms with Gasteiger partial charge in [0.05, 0.1) is 6.04 Å². The first-order valence-corrected chi connectivity index (χ1v) is 10.0. The average Bonchev–Trinajstić information content (AvgIpc) is 3.23. The van der Waals surface area contributed by atoms with Crippen molar-refractivity contribution < 1.29 is 24.7 Å². The molecule has 3 atom stereocenters. The van der Waals surface area contributed by atoms with E-state index < -0.39 is 41.0 Å². The summed E-state index contributed by atoms with van der Waals surface area (Å²) in [6.07, 6.45) is 1.38. The summed E-state index contributed by atoms with van der Waals surface area (Å²) in [5.41, 5.74) is 5.39. The van der Waals surface area contributed by atoms with Crippen molar-refractivity contribution in [2.24, 2.45) is 10.1 Å². The number of hydrogen-bond donors (Lipinski definition) is 4. The number of thioether (sulfide) groups is 1. The monoisotopic (exact) mass is 436 g/mol. The van der Waals surface area contributed by atoms with Gasteiger partial charge in [0.25, 0.3) is 11.8 Å². The standard InChI is InChI=1S/C16H16N6O5S2/c1-3-6-4-28-14-10(9(18-2)13(24)22(14)11(6)15(25)26)20-12(23)8(21-27)7-5-29-16(17)19-7/h3,5,9-10,14,27H,1-2,4H2,(H2,17,19)(H,20,23)(H,25,26)/b21-8-/t9?,10?,14-/m1/s1. The van der Waals surface area contributed by atoms with E-state index in [-0.39, 0.29) is 22.3 Å². The number of carbonyl (C=O) groups is 3. The van der Waals surface area contributed by atoms with Gasteiger partial charge in [-0.25, -0.2) is 9.78 Å². The molecular weight excluding hydrogens is 420 g/mol. The third-order valence-corrected chi connectivity index (χ3v) is 6.37. The number of fused-ring (bicyclic) bond motifs is 1. The summed E-state index contributed by atoms with van der Waals surface area (Å²) in [4.78, 5) is 46.1. The number of nitrogens with zero attached hydrogens (tertiary/aromatic N) is 4. The van der Waals surface area contributed by atoms with Crippen LogP contribution in [0.25, 0.3) is 0 Å². The van der Waals surface area contributed by atoms with Crippen LogP contribution in [0.4, 0.5) is 5.13 Å². The Hall–Kier alpha value is -3.19. The van der Waals surface area contributed by atoms with Gasteiger partial charge in [-0.05, 0) is 12.3 Å². The molecule has 0 saturated carbocycles. The van der Waals surface area contributed by atoms with Crippen molar-refractivity contribution in [1.82, 2.24) is 15.2 Å². The Bertz CT molecular complexity index is 971. The lowest BCUT2D eigenvalue weighted by Crippen LogP contribution is -2.50. The number of oxime groups is 1.